The van der Waals surface area contributed by atoms with Crippen molar-refractivity contribution >= 4 is 17.7 Å². The quantitative estimate of drug-likeness (QED) is 0.557. The van der Waals surface area contributed by atoms with Gasteiger partial charge in [-0.25, -0.2) is 0 Å². The summed E-state index contributed by atoms with van der Waals surface area (Å²) in [4.78, 5) is 40.8. The molecule has 1 atom stereocenters. The number of piperidine rings is 1. The van der Waals surface area contributed by atoms with Gasteiger partial charge in [0.1, 0.15) is 6.04 Å². The molecule has 1 aliphatic heterocycles. The van der Waals surface area contributed by atoms with E-state index in [9.17, 15) is 14.4 Å². The number of benzene rings is 2. The molecular formula is C27H35N3O4. The number of rotatable bonds is 9. The summed E-state index contributed by atoms with van der Waals surface area (Å²) in [6, 6.07) is 14.2. The fraction of sp³-hybridized carbons (Fsp3) is 0.444. The van der Waals surface area contributed by atoms with E-state index in [1.54, 1.807) is 13.2 Å². The van der Waals surface area contributed by atoms with Gasteiger partial charge in [0.25, 0.3) is 11.8 Å². The molecule has 0 aliphatic carbocycles. The van der Waals surface area contributed by atoms with E-state index in [2.05, 4.69) is 10.6 Å². The van der Waals surface area contributed by atoms with Crippen molar-refractivity contribution in [1.82, 2.24) is 15.5 Å². The normalized spacial score (nSPS) is 15.0. The van der Waals surface area contributed by atoms with Crippen molar-refractivity contribution in [3.8, 4) is 0 Å². The number of aryl methyl sites for hydroxylation is 2. The SMILES string of the molecule is COCCCNC(=O)[C@H](NC(=O)c1cccc(C)c1)C1CCN(C(=O)c2cccc(C)c2)CC1. The van der Waals surface area contributed by atoms with Gasteiger partial charge >= 0.3 is 0 Å². The largest absolute Gasteiger partial charge is 0.385 e. The van der Waals surface area contributed by atoms with Crippen molar-refractivity contribution in [2.45, 2.75) is 39.2 Å². The lowest BCUT2D eigenvalue weighted by Crippen LogP contribution is -2.54. The lowest BCUT2D eigenvalue weighted by molar-refractivity contribution is -0.124. The summed E-state index contributed by atoms with van der Waals surface area (Å²) in [5, 5.41) is 5.90. The van der Waals surface area contributed by atoms with E-state index >= 15 is 0 Å². The number of methoxy groups -OCH3 is 1. The van der Waals surface area contributed by atoms with Gasteiger partial charge in [0.05, 0.1) is 0 Å². The molecular weight excluding hydrogens is 430 g/mol. The van der Waals surface area contributed by atoms with Gasteiger partial charge in [0.2, 0.25) is 5.91 Å². The molecule has 7 heteroatoms. The number of carbonyl (C=O) groups excluding carboxylic acids is 3. The molecule has 34 heavy (non-hydrogen) atoms. The predicted octanol–water partition coefficient (Wildman–Crippen LogP) is 3.11. The molecule has 0 aromatic heterocycles. The van der Waals surface area contributed by atoms with Gasteiger partial charge in [0, 0.05) is 44.5 Å². The van der Waals surface area contributed by atoms with E-state index < -0.39 is 6.04 Å². The van der Waals surface area contributed by atoms with Crippen LogP contribution in [0.2, 0.25) is 0 Å². The summed E-state index contributed by atoms with van der Waals surface area (Å²) < 4.78 is 5.05. The monoisotopic (exact) mass is 465 g/mol. The van der Waals surface area contributed by atoms with E-state index in [1.165, 1.54) is 0 Å². The molecule has 1 saturated heterocycles. The maximum atomic E-state index is 13.1. The first-order chi connectivity index (χ1) is 16.4. The Morgan fingerprint density at radius 3 is 2.24 bits per heavy atom. The summed E-state index contributed by atoms with van der Waals surface area (Å²) >= 11 is 0. The molecule has 0 spiro atoms. The number of amides is 3. The van der Waals surface area contributed by atoms with E-state index in [0.29, 0.717) is 56.6 Å². The van der Waals surface area contributed by atoms with Crippen LogP contribution >= 0.6 is 0 Å². The molecule has 1 fully saturated rings. The Morgan fingerprint density at radius 2 is 1.62 bits per heavy atom. The molecule has 1 aliphatic rings. The highest BCUT2D eigenvalue weighted by Crippen LogP contribution is 2.23. The van der Waals surface area contributed by atoms with E-state index in [4.69, 9.17) is 4.74 Å². The maximum Gasteiger partial charge on any atom is 0.253 e. The van der Waals surface area contributed by atoms with Crippen molar-refractivity contribution in [2.24, 2.45) is 5.92 Å². The zero-order valence-electron chi connectivity index (χ0n) is 20.3. The first-order valence-electron chi connectivity index (χ1n) is 11.9. The van der Waals surface area contributed by atoms with Crippen molar-refractivity contribution in [1.29, 1.82) is 0 Å². The Labute approximate surface area is 201 Å². The van der Waals surface area contributed by atoms with Crippen LogP contribution in [-0.2, 0) is 9.53 Å². The summed E-state index contributed by atoms with van der Waals surface area (Å²) in [7, 11) is 1.62. The summed E-state index contributed by atoms with van der Waals surface area (Å²) in [5.41, 5.74) is 3.24. The summed E-state index contributed by atoms with van der Waals surface area (Å²) in [6.07, 6.45) is 1.98. The van der Waals surface area contributed by atoms with Crippen LogP contribution in [0.5, 0.6) is 0 Å². The molecule has 2 aromatic carbocycles. The van der Waals surface area contributed by atoms with E-state index in [1.807, 2.05) is 61.2 Å². The zero-order chi connectivity index (χ0) is 24.5. The summed E-state index contributed by atoms with van der Waals surface area (Å²) in [6.45, 7) is 6.03. The van der Waals surface area contributed by atoms with Crippen LogP contribution in [0.3, 0.4) is 0 Å². The number of ether oxygens (including phenoxy) is 1. The van der Waals surface area contributed by atoms with Crippen molar-refractivity contribution in [3.05, 3.63) is 70.8 Å². The van der Waals surface area contributed by atoms with Crippen LogP contribution in [0.1, 0.15) is 51.1 Å². The Kier molecular flexibility index (Phi) is 9.22. The molecule has 1 heterocycles. The van der Waals surface area contributed by atoms with Gasteiger partial charge in [-0.15, -0.1) is 0 Å². The van der Waals surface area contributed by atoms with Crippen molar-refractivity contribution < 1.29 is 19.1 Å². The number of likely N-dealkylation sites (tertiary alicyclic amines) is 1. The molecule has 2 aromatic rings. The third kappa shape index (κ3) is 6.90. The number of nitrogens with one attached hydrogen (secondary N) is 2. The van der Waals surface area contributed by atoms with E-state index in [0.717, 1.165) is 11.1 Å². The van der Waals surface area contributed by atoms with E-state index in [-0.39, 0.29) is 23.6 Å². The highest BCUT2D eigenvalue weighted by Gasteiger charge is 2.34. The fourth-order valence-electron chi connectivity index (χ4n) is 4.34. The highest BCUT2D eigenvalue weighted by molar-refractivity contribution is 5.98. The zero-order valence-corrected chi connectivity index (χ0v) is 20.3. The van der Waals surface area contributed by atoms with Crippen LogP contribution in [0.4, 0.5) is 0 Å². The molecule has 2 N–H and O–H groups in total. The minimum absolute atomic E-state index is 0.00603. The van der Waals surface area contributed by atoms with Crippen LogP contribution in [0.25, 0.3) is 0 Å². The third-order valence-corrected chi connectivity index (χ3v) is 6.24. The number of nitrogens with zero attached hydrogens (tertiary/aromatic N) is 1. The molecule has 0 radical (unpaired) electrons. The molecule has 0 bridgehead atoms. The fourth-order valence-corrected chi connectivity index (χ4v) is 4.34. The van der Waals surface area contributed by atoms with Gasteiger partial charge in [0.15, 0.2) is 0 Å². The molecule has 0 unspecified atom stereocenters. The smallest absolute Gasteiger partial charge is 0.253 e. The Bertz CT molecular complexity index is 999. The molecule has 3 rings (SSSR count). The van der Waals surface area contributed by atoms with Crippen molar-refractivity contribution in [2.75, 3.05) is 33.4 Å². The lowest BCUT2D eigenvalue weighted by Gasteiger charge is -2.36. The predicted molar refractivity (Wildman–Crippen MR) is 132 cm³/mol. The first kappa shape index (κ1) is 25.4. The van der Waals surface area contributed by atoms with Gasteiger partial charge in [-0.1, -0.05) is 35.4 Å². The Balaban J connectivity index is 1.67. The lowest BCUT2D eigenvalue weighted by atomic mass is 9.88. The van der Waals surface area contributed by atoms with Crippen LogP contribution in [0, 0.1) is 19.8 Å². The average Bonchev–Trinajstić information content (AvgIpc) is 2.84. The number of hydrogen-bond donors (Lipinski definition) is 2. The topological polar surface area (TPSA) is 87.7 Å². The number of hydrogen-bond acceptors (Lipinski definition) is 4. The van der Waals surface area contributed by atoms with Crippen molar-refractivity contribution in [3.63, 3.8) is 0 Å². The molecule has 0 saturated carbocycles. The molecule has 7 nitrogen and oxygen atoms in total. The second-order valence-corrected chi connectivity index (χ2v) is 8.96. The third-order valence-electron chi connectivity index (χ3n) is 6.24. The van der Waals surface area contributed by atoms with Gasteiger partial charge in [-0.3, -0.25) is 14.4 Å². The number of carbonyl (C=O) groups is 3. The van der Waals surface area contributed by atoms with Gasteiger partial charge < -0.3 is 20.3 Å². The van der Waals surface area contributed by atoms with Crippen LogP contribution in [0.15, 0.2) is 48.5 Å². The maximum absolute atomic E-state index is 13.1. The Hall–Kier alpha value is -3.19. The molecule has 3 amide bonds. The first-order valence-corrected chi connectivity index (χ1v) is 11.9. The second kappa shape index (κ2) is 12.3. The minimum atomic E-state index is -0.660. The van der Waals surface area contributed by atoms with Crippen LogP contribution in [-0.4, -0.2) is 62.0 Å². The average molecular weight is 466 g/mol. The minimum Gasteiger partial charge on any atom is -0.385 e. The molecule has 182 valence electrons. The summed E-state index contributed by atoms with van der Waals surface area (Å²) in [5.74, 6) is -0.510. The van der Waals surface area contributed by atoms with Gasteiger partial charge in [-0.05, 0) is 63.3 Å². The van der Waals surface area contributed by atoms with Gasteiger partial charge in [-0.2, -0.15) is 0 Å². The highest BCUT2D eigenvalue weighted by atomic mass is 16.5. The Morgan fingerprint density at radius 1 is 1.00 bits per heavy atom. The van der Waals surface area contributed by atoms with Crippen LogP contribution < -0.4 is 10.6 Å². The second-order valence-electron chi connectivity index (χ2n) is 8.96. The standard InChI is InChI=1S/C27H35N3O4/c1-19-7-4-9-22(17-19)25(31)29-24(26(32)28-13-6-16-34-3)21-11-14-30(15-12-21)27(33)23-10-5-8-20(2)18-23/h4-5,7-10,17-18,21,24H,6,11-16H2,1-3H3,(H,28,32)(H,29,31)/t24-/m1/s1.